The first-order valence-electron chi connectivity index (χ1n) is 11.6. The molecule has 1 aromatic carbocycles. The van der Waals surface area contributed by atoms with Crippen LogP contribution in [0.4, 0.5) is 27.8 Å². The lowest BCUT2D eigenvalue weighted by atomic mass is 10.2. The zero-order valence-corrected chi connectivity index (χ0v) is 20.1. The fraction of sp³-hybridized carbons (Fsp3) is 0.240. The normalized spacial score (nSPS) is 13.6. The van der Waals surface area contributed by atoms with Gasteiger partial charge in [0.2, 0.25) is 5.91 Å². The summed E-state index contributed by atoms with van der Waals surface area (Å²) in [5.41, 5.74) is 9.65. The van der Waals surface area contributed by atoms with Crippen molar-refractivity contribution in [1.82, 2.24) is 29.2 Å². The van der Waals surface area contributed by atoms with E-state index in [1.54, 1.807) is 29.7 Å². The first-order valence-corrected chi connectivity index (χ1v) is 11.6. The van der Waals surface area contributed by atoms with Gasteiger partial charge in [0.15, 0.2) is 5.82 Å². The number of carbonyl (C=O) groups excluding carboxylic acids is 2. The van der Waals surface area contributed by atoms with E-state index in [9.17, 15) is 9.59 Å². The number of imidazole rings is 1. The number of aromatic nitrogens is 4. The number of urea groups is 1. The van der Waals surface area contributed by atoms with Gasteiger partial charge in [-0.25, -0.2) is 19.7 Å². The SMILES string of the molecule is CC(=O)N1CCN(C(=O)Nc2ccc(Nc3nc4ccccn4c3-c3cc(N)nc(C)n3)cc2)CC1. The van der Waals surface area contributed by atoms with Crippen LogP contribution >= 0.6 is 0 Å². The summed E-state index contributed by atoms with van der Waals surface area (Å²) >= 11 is 0. The van der Waals surface area contributed by atoms with E-state index in [4.69, 9.17) is 10.7 Å². The van der Waals surface area contributed by atoms with Gasteiger partial charge in [-0.05, 0) is 43.3 Å². The third kappa shape index (κ3) is 4.76. The largest absolute Gasteiger partial charge is 0.384 e. The number of benzene rings is 1. The summed E-state index contributed by atoms with van der Waals surface area (Å²) in [5, 5.41) is 6.29. The van der Waals surface area contributed by atoms with Crippen molar-refractivity contribution in [3.8, 4) is 11.4 Å². The van der Waals surface area contributed by atoms with Gasteiger partial charge in [-0.15, -0.1) is 0 Å². The van der Waals surface area contributed by atoms with Crippen LogP contribution in [-0.4, -0.2) is 67.3 Å². The minimum absolute atomic E-state index is 0.0326. The molecule has 1 aliphatic rings. The van der Waals surface area contributed by atoms with Crippen molar-refractivity contribution in [2.45, 2.75) is 13.8 Å². The molecule has 0 unspecified atom stereocenters. The van der Waals surface area contributed by atoms with E-state index in [0.717, 1.165) is 17.0 Å². The van der Waals surface area contributed by atoms with Gasteiger partial charge in [0.25, 0.3) is 0 Å². The van der Waals surface area contributed by atoms with E-state index in [1.807, 2.05) is 53.1 Å². The van der Waals surface area contributed by atoms with Crippen molar-refractivity contribution < 1.29 is 9.59 Å². The fourth-order valence-corrected chi connectivity index (χ4v) is 4.24. The quantitative estimate of drug-likeness (QED) is 0.404. The lowest BCUT2D eigenvalue weighted by molar-refractivity contribution is -0.130. The third-order valence-electron chi connectivity index (χ3n) is 6.04. The van der Waals surface area contributed by atoms with E-state index >= 15 is 0 Å². The van der Waals surface area contributed by atoms with Crippen LogP contribution in [0.25, 0.3) is 17.0 Å². The van der Waals surface area contributed by atoms with Gasteiger partial charge >= 0.3 is 6.03 Å². The number of fused-ring (bicyclic) bond motifs is 1. The zero-order valence-electron chi connectivity index (χ0n) is 20.1. The number of rotatable bonds is 4. The highest BCUT2D eigenvalue weighted by molar-refractivity contribution is 5.90. The summed E-state index contributed by atoms with van der Waals surface area (Å²) in [4.78, 5) is 41.1. The van der Waals surface area contributed by atoms with Gasteiger partial charge in [-0.3, -0.25) is 9.20 Å². The molecule has 0 atom stereocenters. The standard InChI is InChI=1S/C25H27N9O2/c1-16-27-20(15-21(26)28-16)23-24(31-22-5-3-4-10-34(22)23)29-18-6-8-19(9-7-18)30-25(36)33-13-11-32(12-14-33)17(2)35/h3-10,15,29H,11-14H2,1-2H3,(H,30,36)(H2,26,27,28). The molecule has 1 fully saturated rings. The van der Waals surface area contributed by atoms with Crippen LogP contribution in [0, 0.1) is 6.92 Å². The number of hydrogen-bond donors (Lipinski definition) is 3. The number of aryl methyl sites for hydroxylation is 1. The Labute approximate surface area is 208 Å². The molecule has 184 valence electrons. The molecule has 4 N–H and O–H groups in total. The highest BCUT2D eigenvalue weighted by Crippen LogP contribution is 2.31. The highest BCUT2D eigenvalue weighted by atomic mass is 16.2. The van der Waals surface area contributed by atoms with E-state index in [1.165, 1.54) is 0 Å². The van der Waals surface area contributed by atoms with Gasteiger partial charge < -0.3 is 26.2 Å². The van der Waals surface area contributed by atoms with Gasteiger partial charge in [-0.2, -0.15) is 0 Å². The Morgan fingerprint density at radius 1 is 0.917 bits per heavy atom. The number of pyridine rings is 1. The Balaban J connectivity index is 1.33. The van der Waals surface area contributed by atoms with Crippen LogP contribution in [0.1, 0.15) is 12.7 Å². The number of nitrogens with two attached hydrogens (primary N) is 1. The summed E-state index contributed by atoms with van der Waals surface area (Å²) in [6.45, 7) is 5.45. The summed E-state index contributed by atoms with van der Waals surface area (Å²) < 4.78 is 1.95. The maximum atomic E-state index is 12.6. The van der Waals surface area contributed by atoms with Crippen molar-refractivity contribution in [2.24, 2.45) is 0 Å². The van der Waals surface area contributed by atoms with Crippen LogP contribution in [0.2, 0.25) is 0 Å². The van der Waals surface area contributed by atoms with E-state index in [-0.39, 0.29) is 11.9 Å². The molecule has 11 heteroatoms. The Morgan fingerprint density at radius 3 is 2.31 bits per heavy atom. The Kier molecular flexibility index (Phi) is 6.11. The maximum absolute atomic E-state index is 12.6. The number of nitrogen functional groups attached to an aromatic ring is 1. The predicted molar refractivity (Wildman–Crippen MR) is 138 cm³/mol. The Hall–Kier alpha value is -4.67. The van der Waals surface area contributed by atoms with Crippen molar-refractivity contribution >= 4 is 40.6 Å². The number of hydrogen-bond acceptors (Lipinski definition) is 7. The fourth-order valence-electron chi connectivity index (χ4n) is 4.24. The summed E-state index contributed by atoms with van der Waals surface area (Å²) in [6.07, 6.45) is 1.92. The van der Waals surface area contributed by atoms with Crippen molar-refractivity contribution in [1.29, 1.82) is 0 Å². The second kappa shape index (κ2) is 9.53. The molecule has 1 saturated heterocycles. The molecule has 0 aliphatic carbocycles. The smallest absolute Gasteiger partial charge is 0.321 e. The molecule has 3 aromatic heterocycles. The van der Waals surface area contributed by atoms with E-state index < -0.39 is 0 Å². The highest BCUT2D eigenvalue weighted by Gasteiger charge is 2.22. The molecule has 0 bridgehead atoms. The van der Waals surface area contributed by atoms with Crippen LogP contribution in [0.3, 0.4) is 0 Å². The van der Waals surface area contributed by atoms with E-state index in [2.05, 4.69) is 20.6 Å². The number of anilines is 4. The molecule has 4 aromatic rings. The molecule has 11 nitrogen and oxygen atoms in total. The maximum Gasteiger partial charge on any atom is 0.321 e. The number of nitrogens with one attached hydrogen (secondary N) is 2. The topological polar surface area (TPSA) is 134 Å². The summed E-state index contributed by atoms with van der Waals surface area (Å²) in [6, 6.07) is 14.7. The van der Waals surface area contributed by atoms with Gasteiger partial charge in [-0.1, -0.05) is 6.07 Å². The minimum atomic E-state index is -0.182. The molecule has 36 heavy (non-hydrogen) atoms. The van der Waals surface area contributed by atoms with Crippen LogP contribution in [-0.2, 0) is 4.79 Å². The molecule has 0 spiro atoms. The lowest BCUT2D eigenvalue weighted by Gasteiger charge is -2.34. The van der Waals surface area contributed by atoms with Gasteiger partial charge in [0.05, 0.1) is 5.69 Å². The second-order valence-electron chi connectivity index (χ2n) is 8.59. The van der Waals surface area contributed by atoms with Crippen molar-refractivity contribution in [3.63, 3.8) is 0 Å². The molecule has 4 heterocycles. The van der Waals surface area contributed by atoms with Crippen molar-refractivity contribution in [3.05, 3.63) is 60.6 Å². The Bertz CT molecular complexity index is 1400. The monoisotopic (exact) mass is 485 g/mol. The van der Waals surface area contributed by atoms with E-state index in [0.29, 0.717) is 55.0 Å². The summed E-state index contributed by atoms with van der Waals surface area (Å²) in [5.74, 6) is 1.62. The van der Waals surface area contributed by atoms with Crippen LogP contribution in [0.15, 0.2) is 54.7 Å². The van der Waals surface area contributed by atoms with Gasteiger partial charge in [0, 0.05) is 56.7 Å². The molecule has 5 rings (SSSR count). The number of carbonyl (C=O) groups is 2. The average Bonchev–Trinajstić information content (AvgIpc) is 3.22. The first-order chi connectivity index (χ1) is 17.4. The molecule has 0 radical (unpaired) electrons. The summed E-state index contributed by atoms with van der Waals surface area (Å²) in [7, 11) is 0. The van der Waals surface area contributed by atoms with Gasteiger partial charge in [0.1, 0.15) is 23.0 Å². The molecule has 1 aliphatic heterocycles. The molecule has 3 amide bonds. The first kappa shape index (κ1) is 23.1. The third-order valence-corrected chi connectivity index (χ3v) is 6.04. The minimum Gasteiger partial charge on any atom is -0.384 e. The number of nitrogens with zero attached hydrogens (tertiary/aromatic N) is 6. The lowest BCUT2D eigenvalue weighted by Crippen LogP contribution is -2.51. The second-order valence-corrected chi connectivity index (χ2v) is 8.59. The average molecular weight is 486 g/mol. The van der Waals surface area contributed by atoms with Crippen LogP contribution in [0.5, 0.6) is 0 Å². The Morgan fingerprint density at radius 2 is 1.61 bits per heavy atom. The predicted octanol–water partition coefficient (Wildman–Crippen LogP) is 3.12. The molecule has 0 saturated carbocycles. The molecular weight excluding hydrogens is 458 g/mol. The zero-order chi connectivity index (χ0) is 25.2. The molecular formula is C25H27N9O2. The van der Waals surface area contributed by atoms with Crippen molar-refractivity contribution in [2.75, 3.05) is 42.5 Å². The number of amides is 3. The number of piperazine rings is 1. The van der Waals surface area contributed by atoms with Crippen LogP contribution < -0.4 is 16.4 Å².